The Morgan fingerprint density at radius 2 is 2.22 bits per heavy atom. The van der Waals surface area contributed by atoms with Gasteiger partial charge in [0.2, 0.25) is 0 Å². The van der Waals surface area contributed by atoms with Crippen LogP contribution in [0, 0.1) is 6.92 Å². The molecular weight excluding hydrogens is 226 g/mol. The van der Waals surface area contributed by atoms with Crippen LogP contribution in [0.4, 0.5) is 0 Å². The molecule has 0 fully saturated rings. The van der Waals surface area contributed by atoms with Gasteiger partial charge >= 0.3 is 0 Å². The fraction of sp³-hybridized carbons (Fsp3) is 0.462. The Hall–Kier alpha value is -1.75. The van der Waals surface area contributed by atoms with Gasteiger partial charge < -0.3 is 5.32 Å². The molecule has 5 nitrogen and oxygen atoms in total. The number of hydrogen-bond donors (Lipinski definition) is 1. The molecule has 0 radical (unpaired) electrons. The molecule has 5 heteroatoms. The Bertz CT molecular complexity index is 491. The summed E-state index contributed by atoms with van der Waals surface area (Å²) in [4.78, 5) is 8.51. The van der Waals surface area contributed by atoms with Crippen LogP contribution in [0.5, 0.6) is 0 Å². The van der Waals surface area contributed by atoms with Crippen molar-refractivity contribution >= 4 is 0 Å². The molecule has 0 saturated heterocycles. The zero-order valence-corrected chi connectivity index (χ0v) is 11.1. The summed E-state index contributed by atoms with van der Waals surface area (Å²) in [7, 11) is 1.97. The van der Waals surface area contributed by atoms with E-state index in [1.165, 1.54) is 5.69 Å². The molecule has 96 valence electrons. The van der Waals surface area contributed by atoms with Crippen molar-refractivity contribution in [3.8, 4) is 0 Å². The number of nitrogens with one attached hydrogen (secondary N) is 1. The highest BCUT2D eigenvalue weighted by Crippen LogP contribution is 2.16. The lowest BCUT2D eigenvalue weighted by atomic mass is 10.1. The number of rotatable bonds is 5. The molecule has 2 rings (SSSR count). The van der Waals surface area contributed by atoms with Crippen LogP contribution in [0.2, 0.25) is 0 Å². The first-order valence-corrected chi connectivity index (χ1v) is 6.19. The average Bonchev–Trinajstić information content (AvgIpc) is 2.68. The third kappa shape index (κ3) is 2.92. The molecule has 1 unspecified atom stereocenters. The van der Waals surface area contributed by atoms with E-state index >= 15 is 0 Å². The van der Waals surface area contributed by atoms with E-state index in [-0.39, 0.29) is 6.04 Å². The minimum absolute atomic E-state index is 0.179. The minimum atomic E-state index is 0.179. The van der Waals surface area contributed by atoms with E-state index in [2.05, 4.69) is 33.4 Å². The smallest absolute Gasteiger partial charge is 0.0760 e. The van der Waals surface area contributed by atoms with Crippen LogP contribution in [-0.2, 0) is 13.5 Å². The summed E-state index contributed by atoms with van der Waals surface area (Å²) in [6.07, 6.45) is 6.11. The molecule has 0 aliphatic rings. The van der Waals surface area contributed by atoms with Gasteiger partial charge in [0, 0.05) is 37.8 Å². The van der Waals surface area contributed by atoms with Crippen LogP contribution in [-0.4, -0.2) is 26.3 Å². The molecule has 2 heterocycles. The topological polar surface area (TPSA) is 55.6 Å². The maximum absolute atomic E-state index is 4.38. The standard InChI is InChI=1S/C13H19N5/c1-4-15-12(13-9-14-5-6-16-13)8-11-7-10(2)17-18(11)3/h5-7,9,12,15H,4,8H2,1-3H3. The molecule has 0 aliphatic heterocycles. The van der Waals surface area contributed by atoms with Crippen molar-refractivity contribution < 1.29 is 0 Å². The number of aromatic nitrogens is 4. The minimum Gasteiger partial charge on any atom is -0.309 e. The van der Waals surface area contributed by atoms with Crippen LogP contribution in [0.15, 0.2) is 24.7 Å². The molecule has 1 N–H and O–H groups in total. The summed E-state index contributed by atoms with van der Waals surface area (Å²) < 4.78 is 1.93. The summed E-state index contributed by atoms with van der Waals surface area (Å²) >= 11 is 0. The predicted octanol–water partition coefficient (Wildman–Crippen LogP) is 1.41. The Morgan fingerprint density at radius 1 is 1.39 bits per heavy atom. The normalized spacial score (nSPS) is 12.6. The van der Waals surface area contributed by atoms with E-state index in [0.29, 0.717) is 0 Å². The zero-order valence-electron chi connectivity index (χ0n) is 11.1. The quantitative estimate of drug-likeness (QED) is 0.865. The highest BCUT2D eigenvalue weighted by atomic mass is 15.3. The van der Waals surface area contributed by atoms with E-state index in [1.807, 2.05) is 24.9 Å². The van der Waals surface area contributed by atoms with Crippen molar-refractivity contribution in [2.75, 3.05) is 6.54 Å². The highest BCUT2D eigenvalue weighted by Gasteiger charge is 2.15. The summed E-state index contributed by atoms with van der Waals surface area (Å²) in [5.41, 5.74) is 3.21. The van der Waals surface area contributed by atoms with E-state index < -0.39 is 0 Å². The molecule has 0 amide bonds. The van der Waals surface area contributed by atoms with Gasteiger partial charge in [-0.3, -0.25) is 14.6 Å². The van der Waals surface area contributed by atoms with Crippen molar-refractivity contribution in [3.63, 3.8) is 0 Å². The lowest BCUT2D eigenvalue weighted by Gasteiger charge is -2.16. The van der Waals surface area contributed by atoms with Gasteiger partial charge in [-0.15, -0.1) is 0 Å². The SMILES string of the molecule is CCNC(Cc1cc(C)nn1C)c1cnccn1. The van der Waals surface area contributed by atoms with Crippen LogP contribution >= 0.6 is 0 Å². The van der Waals surface area contributed by atoms with Crippen molar-refractivity contribution in [2.45, 2.75) is 26.3 Å². The molecule has 0 spiro atoms. The third-order valence-electron chi connectivity index (χ3n) is 2.90. The summed E-state index contributed by atoms with van der Waals surface area (Å²) in [6, 6.07) is 2.29. The van der Waals surface area contributed by atoms with Gasteiger partial charge in [0.05, 0.1) is 17.4 Å². The van der Waals surface area contributed by atoms with E-state index in [9.17, 15) is 0 Å². The first-order valence-electron chi connectivity index (χ1n) is 6.19. The number of nitrogens with zero attached hydrogens (tertiary/aromatic N) is 4. The third-order valence-corrected chi connectivity index (χ3v) is 2.90. The van der Waals surface area contributed by atoms with Gasteiger partial charge in [-0.2, -0.15) is 5.10 Å². The predicted molar refractivity (Wildman–Crippen MR) is 70.1 cm³/mol. The van der Waals surface area contributed by atoms with Crippen LogP contribution in [0.25, 0.3) is 0 Å². The second kappa shape index (κ2) is 5.73. The van der Waals surface area contributed by atoms with Gasteiger partial charge in [-0.1, -0.05) is 6.92 Å². The molecule has 1 atom stereocenters. The van der Waals surface area contributed by atoms with Crippen molar-refractivity contribution in [3.05, 3.63) is 41.7 Å². The Balaban J connectivity index is 2.19. The lowest BCUT2D eigenvalue weighted by Crippen LogP contribution is -2.24. The first-order chi connectivity index (χ1) is 8.70. The van der Waals surface area contributed by atoms with Crippen LogP contribution < -0.4 is 5.32 Å². The zero-order chi connectivity index (χ0) is 13.0. The van der Waals surface area contributed by atoms with Gasteiger partial charge in [-0.05, 0) is 19.5 Å². The lowest BCUT2D eigenvalue weighted by molar-refractivity contribution is 0.515. The molecule has 0 bridgehead atoms. The van der Waals surface area contributed by atoms with Gasteiger partial charge in [0.1, 0.15) is 0 Å². The molecule has 2 aromatic heterocycles. The Kier molecular flexibility index (Phi) is 4.04. The van der Waals surface area contributed by atoms with Crippen LogP contribution in [0.3, 0.4) is 0 Å². The first kappa shape index (κ1) is 12.7. The Morgan fingerprint density at radius 3 is 2.78 bits per heavy atom. The van der Waals surface area contributed by atoms with Gasteiger partial charge in [0.25, 0.3) is 0 Å². The summed E-state index contributed by atoms with van der Waals surface area (Å²) in [5.74, 6) is 0. The summed E-state index contributed by atoms with van der Waals surface area (Å²) in [6.45, 7) is 5.00. The molecular formula is C13H19N5. The molecule has 2 aromatic rings. The van der Waals surface area contributed by atoms with Crippen LogP contribution in [0.1, 0.15) is 30.0 Å². The van der Waals surface area contributed by atoms with E-state index in [1.54, 1.807) is 12.4 Å². The second-order valence-corrected chi connectivity index (χ2v) is 4.35. The second-order valence-electron chi connectivity index (χ2n) is 4.35. The largest absolute Gasteiger partial charge is 0.309 e. The number of aryl methyl sites for hydroxylation is 2. The number of hydrogen-bond acceptors (Lipinski definition) is 4. The monoisotopic (exact) mass is 245 g/mol. The van der Waals surface area contributed by atoms with Gasteiger partial charge in [-0.25, -0.2) is 0 Å². The fourth-order valence-corrected chi connectivity index (χ4v) is 2.08. The van der Waals surface area contributed by atoms with Crippen molar-refractivity contribution in [2.24, 2.45) is 7.05 Å². The van der Waals surface area contributed by atoms with E-state index in [0.717, 1.165) is 24.4 Å². The maximum atomic E-state index is 4.38. The molecule has 0 saturated carbocycles. The Labute approximate surface area is 107 Å². The molecule has 18 heavy (non-hydrogen) atoms. The average molecular weight is 245 g/mol. The molecule has 0 aliphatic carbocycles. The fourth-order valence-electron chi connectivity index (χ4n) is 2.08. The molecule has 0 aromatic carbocycles. The van der Waals surface area contributed by atoms with Crippen molar-refractivity contribution in [1.82, 2.24) is 25.1 Å². The van der Waals surface area contributed by atoms with Crippen molar-refractivity contribution in [1.29, 1.82) is 0 Å². The van der Waals surface area contributed by atoms with Gasteiger partial charge in [0.15, 0.2) is 0 Å². The summed E-state index contributed by atoms with van der Waals surface area (Å²) in [5, 5.41) is 7.81. The number of likely N-dealkylation sites (N-methyl/N-ethyl adjacent to an activating group) is 1. The van der Waals surface area contributed by atoms with E-state index in [4.69, 9.17) is 0 Å². The maximum Gasteiger partial charge on any atom is 0.0760 e. The highest BCUT2D eigenvalue weighted by molar-refractivity contribution is 5.13.